The van der Waals surface area contributed by atoms with E-state index in [1.54, 1.807) is 11.3 Å². The molecule has 0 amide bonds. The molecule has 1 N–H and O–H groups in total. The second-order valence-corrected chi connectivity index (χ2v) is 6.79. The third-order valence-electron chi connectivity index (χ3n) is 4.36. The van der Waals surface area contributed by atoms with Crippen LogP contribution in [0.2, 0.25) is 0 Å². The van der Waals surface area contributed by atoms with Crippen LogP contribution in [0, 0.1) is 6.92 Å². The van der Waals surface area contributed by atoms with Crippen LogP contribution in [0.15, 0.2) is 23.6 Å². The fraction of sp³-hybridized carbons (Fsp3) is 0.294. The molecule has 1 aromatic carbocycles. The Bertz CT molecular complexity index is 931. The summed E-state index contributed by atoms with van der Waals surface area (Å²) in [7, 11) is 0. The second kappa shape index (κ2) is 5.32. The molecule has 7 heteroatoms. The summed E-state index contributed by atoms with van der Waals surface area (Å²) in [4.78, 5) is 4.61. The molecular weight excluding hydrogens is 324 g/mol. The highest BCUT2D eigenvalue weighted by molar-refractivity contribution is 7.12. The van der Waals surface area contributed by atoms with Crippen LogP contribution >= 0.6 is 11.3 Å². The largest absolute Gasteiger partial charge is 0.454 e. The van der Waals surface area contributed by atoms with E-state index in [4.69, 9.17) is 14.6 Å². The molecular formula is C17H16N4O2S. The zero-order valence-electron chi connectivity index (χ0n) is 13.2. The van der Waals surface area contributed by atoms with E-state index in [9.17, 15) is 0 Å². The molecule has 24 heavy (non-hydrogen) atoms. The van der Waals surface area contributed by atoms with Crippen LogP contribution < -0.4 is 14.8 Å². The predicted octanol–water partition coefficient (Wildman–Crippen LogP) is 2.68. The molecule has 2 aromatic heterocycles. The fourth-order valence-electron chi connectivity index (χ4n) is 3.22. The topological polar surface area (TPSA) is 61.2 Å². The fourth-order valence-corrected chi connectivity index (χ4v) is 4.00. The number of benzene rings is 1. The van der Waals surface area contributed by atoms with Crippen molar-refractivity contribution in [2.45, 2.75) is 19.9 Å². The number of fused-ring (bicyclic) bond motifs is 2. The molecule has 4 heterocycles. The first-order valence-electron chi connectivity index (χ1n) is 7.93. The molecule has 0 fully saturated rings. The maximum absolute atomic E-state index is 5.52. The summed E-state index contributed by atoms with van der Waals surface area (Å²) in [6, 6.07) is 6.01. The highest BCUT2D eigenvalue weighted by Gasteiger charge is 2.24. The Balaban J connectivity index is 1.67. The smallest absolute Gasteiger partial charge is 0.231 e. The van der Waals surface area contributed by atoms with E-state index in [1.165, 1.54) is 11.3 Å². The molecule has 3 aromatic rings. The number of hydrogen-bond acceptors (Lipinski definition) is 6. The lowest BCUT2D eigenvalue weighted by Gasteiger charge is -2.14. The number of thiazole rings is 1. The summed E-state index contributed by atoms with van der Waals surface area (Å²) in [5, 5.41) is 11.3. The maximum Gasteiger partial charge on any atom is 0.231 e. The summed E-state index contributed by atoms with van der Waals surface area (Å²) in [6.07, 6.45) is 0.950. The second-order valence-electron chi connectivity index (χ2n) is 5.95. The number of hydrogen-bond donors (Lipinski definition) is 1. The van der Waals surface area contributed by atoms with E-state index in [-0.39, 0.29) is 6.79 Å². The molecule has 0 atom stereocenters. The van der Waals surface area contributed by atoms with Gasteiger partial charge in [-0.1, -0.05) is 0 Å². The van der Waals surface area contributed by atoms with Crippen LogP contribution in [0.5, 0.6) is 11.5 Å². The molecule has 2 aliphatic rings. The van der Waals surface area contributed by atoms with Gasteiger partial charge in [0.2, 0.25) is 11.9 Å². The lowest BCUT2D eigenvalue weighted by atomic mass is 10.0. The standard InChI is InChI=1S/C17H16N4O2S/c1-10-8-24-17(19-10)21-13-4-5-18-7-12(13)16(20-21)11-2-3-14-15(6-11)23-9-22-14/h2-3,6,8,18H,4-5,7,9H2,1H3. The average Bonchev–Trinajstić information content (AvgIpc) is 3.31. The molecule has 122 valence electrons. The van der Waals surface area contributed by atoms with Gasteiger partial charge in [-0.15, -0.1) is 11.3 Å². The van der Waals surface area contributed by atoms with Gasteiger partial charge in [0.25, 0.3) is 0 Å². The van der Waals surface area contributed by atoms with Crippen molar-refractivity contribution in [1.82, 2.24) is 20.1 Å². The van der Waals surface area contributed by atoms with Gasteiger partial charge in [0, 0.05) is 36.0 Å². The zero-order valence-corrected chi connectivity index (χ0v) is 14.0. The number of nitrogens with one attached hydrogen (secondary N) is 1. The van der Waals surface area contributed by atoms with E-state index in [2.05, 4.69) is 15.7 Å². The van der Waals surface area contributed by atoms with Crippen molar-refractivity contribution in [2.75, 3.05) is 13.3 Å². The van der Waals surface area contributed by atoms with Gasteiger partial charge in [0.05, 0.1) is 17.1 Å². The molecule has 0 bridgehead atoms. The van der Waals surface area contributed by atoms with Gasteiger partial charge >= 0.3 is 0 Å². The summed E-state index contributed by atoms with van der Waals surface area (Å²) in [5.74, 6) is 1.57. The summed E-state index contributed by atoms with van der Waals surface area (Å²) < 4.78 is 12.9. The van der Waals surface area contributed by atoms with Crippen molar-refractivity contribution in [2.24, 2.45) is 0 Å². The van der Waals surface area contributed by atoms with Gasteiger partial charge in [-0.05, 0) is 25.1 Å². The molecule has 0 unspecified atom stereocenters. The van der Waals surface area contributed by atoms with Gasteiger partial charge in [-0.25, -0.2) is 9.67 Å². The first-order valence-corrected chi connectivity index (χ1v) is 8.81. The van der Waals surface area contributed by atoms with E-state index in [0.29, 0.717) is 0 Å². The number of aromatic nitrogens is 3. The summed E-state index contributed by atoms with van der Waals surface area (Å²) >= 11 is 1.63. The van der Waals surface area contributed by atoms with Crippen LogP contribution in [-0.2, 0) is 13.0 Å². The maximum atomic E-state index is 5.52. The summed E-state index contributed by atoms with van der Waals surface area (Å²) in [5.41, 5.74) is 5.55. The third kappa shape index (κ3) is 2.12. The molecule has 5 rings (SSSR count). The summed E-state index contributed by atoms with van der Waals surface area (Å²) in [6.45, 7) is 4.08. The van der Waals surface area contributed by atoms with Crippen molar-refractivity contribution >= 4 is 11.3 Å². The van der Waals surface area contributed by atoms with Crippen molar-refractivity contribution in [1.29, 1.82) is 0 Å². The number of nitrogens with zero attached hydrogens (tertiary/aromatic N) is 3. The van der Waals surface area contributed by atoms with E-state index >= 15 is 0 Å². The van der Waals surface area contributed by atoms with Crippen molar-refractivity contribution in [3.05, 3.63) is 40.5 Å². The SMILES string of the molecule is Cc1csc(-n2nc(-c3ccc4c(c3)OCO4)c3c2CCNC3)n1. The van der Waals surface area contributed by atoms with Gasteiger partial charge < -0.3 is 14.8 Å². The molecule has 0 saturated heterocycles. The molecule has 0 radical (unpaired) electrons. The van der Waals surface area contributed by atoms with Gasteiger partial charge in [-0.2, -0.15) is 5.10 Å². The van der Waals surface area contributed by atoms with Crippen LogP contribution in [0.1, 0.15) is 17.0 Å². The van der Waals surface area contributed by atoms with E-state index in [1.807, 2.05) is 29.8 Å². The lowest BCUT2D eigenvalue weighted by molar-refractivity contribution is 0.174. The van der Waals surface area contributed by atoms with E-state index in [0.717, 1.165) is 53.1 Å². The first kappa shape index (κ1) is 14.0. The lowest BCUT2D eigenvalue weighted by Crippen LogP contribution is -2.24. The third-order valence-corrected chi connectivity index (χ3v) is 5.30. The van der Waals surface area contributed by atoms with Crippen molar-refractivity contribution < 1.29 is 9.47 Å². The van der Waals surface area contributed by atoms with Crippen molar-refractivity contribution in [3.8, 4) is 27.9 Å². The minimum atomic E-state index is 0.283. The Morgan fingerprint density at radius 2 is 2.17 bits per heavy atom. The Kier molecular flexibility index (Phi) is 3.11. The predicted molar refractivity (Wildman–Crippen MR) is 90.9 cm³/mol. The minimum absolute atomic E-state index is 0.283. The Morgan fingerprint density at radius 3 is 3.04 bits per heavy atom. The zero-order chi connectivity index (χ0) is 16.1. The molecule has 2 aliphatic heterocycles. The molecule has 0 spiro atoms. The van der Waals surface area contributed by atoms with Gasteiger partial charge in [0.1, 0.15) is 0 Å². The average molecular weight is 340 g/mol. The highest BCUT2D eigenvalue weighted by Crippen LogP contribution is 2.38. The molecule has 6 nitrogen and oxygen atoms in total. The normalized spacial score (nSPS) is 15.5. The van der Waals surface area contributed by atoms with Gasteiger partial charge in [-0.3, -0.25) is 0 Å². The first-order chi connectivity index (χ1) is 11.8. The number of aryl methyl sites for hydroxylation is 1. The Hall–Kier alpha value is -2.38. The van der Waals surface area contributed by atoms with Crippen LogP contribution in [0.4, 0.5) is 0 Å². The van der Waals surface area contributed by atoms with E-state index < -0.39 is 0 Å². The minimum Gasteiger partial charge on any atom is -0.454 e. The quantitative estimate of drug-likeness (QED) is 0.777. The highest BCUT2D eigenvalue weighted by atomic mass is 32.1. The van der Waals surface area contributed by atoms with Gasteiger partial charge in [0.15, 0.2) is 11.5 Å². The molecule has 0 saturated carbocycles. The van der Waals surface area contributed by atoms with Crippen molar-refractivity contribution in [3.63, 3.8) is 0 Å². The number of ether oxygens (including phenoxy) is 2. The Labute approximate surface area is 143 Å². The monoisotopic (exact) mass is 340 g/mol. The Morgan fingerprint density at radius 1 is 1.25 bits per heavy atom. The van der Waals surface area contributed by atoms with Crippen LogP contribution in [0.3, 0.4) is 0 Å². The van der Waals surface area contributed by atoms with Crippen LogP contribution in [-0.4, -0.2) is 28.1 Å². The molecule has 0 aliphatic carbocycles. The van der Waals surface area contributed by atoms with Crippen LogP contribution in [0.25, 0.3) is 16.4 Å². The number of rotatable bonds is 2.